The Morgan fingerprint density at radius 1 is 1.35 bits per heavy atom. The predicted molar refractivity (Wildman–Crippen MR) is 81.0 cm³/mol. The van der Waals surface area contributed by atoms with E-state index in [1.54, 1.807) is 7.11 Å². The minimum absolute atomic E-state index is 0.885. The SMILES string of the molecule is CNCCC1CCN(Cc2c(C)nn(C)c2OC)CC1. The first-order valence-corrected chi connectivity index (χ1v) is 7.59. The maximum Gasteiger partial charge on any atom is 0.216 e. The molecule has 0 spiro atoms. The van der Waals surface area contributed by atoms with E-state index in [0.29, 0.717) is 0 Å². The lowest BCUT2D eigenvalue weighted by Crippen LogP contribution is -2.34. The Hall–Kier alpha value is -1.07. The van der Waals surface area contributed by atoms with Gasteiger partial charge < -0.3 is 10.1 Å². The summed E-state index contributed by atoms with van der Waals surface area (Å²) in [5, 5.41) is 7.71. The molecule has 1 aromatic heterocycles. The number of methoxy groups -OCH3 is 1. The Labute approximate surface area is 122 Å². The molecule has 1 aliphatic rings. The highest BCUT2D eigenvalue weighted by molar-refractivity contribution is 5.30. The van der Waals surface area contributed by atoms with Gasteiger partial charge in [-0.25, -0.2) is 4.68 Å². The molecule has 2 rings (SSSR count). The smallest absolute Gasteiger partial charge is 0.216 e. The fourth-order valence-electron chi connectivity index (χ4n) is 3.12. The van der Waals surface area contributed by atoms with Gasteiger partial charge in [0.1, 0.15) is 0 Å². The Morgan fingerprint density at radius 3 is 2.65 bits per heavy atom. The van der Waals surface area contributed by atoms with Crippen LogP contribution in [0.25, 0.3) is 0 Å². The van der Waals surface area contributed by atoms with Crippen LogP contribution in [0.1, 0.15) is 30.5 Å². The topological polar surface area (TPSA) is 42.3 Å². The average Bonchev–Trinajstić information content (AvgIpc) is 2.72. The van der Waals surface area contributed by atoms with Gasteiger partial charge in [-0.2, -0.15) is 5.10 Å². The molecule has 0 aromatic carbocycles. The lowest BCUT2D eigenvalue weighted by atomic mass is 9.93. The van der Waals surface area contributed by atoms with Crippen molar-refractivity contribution in [3.8, 4) is 5.88 Å². The van der Waals surface area contributed by atoms with Crippen molar-refractivity contribution in [3.05, 3.63) is 11.3 Å². The first-order valence-electron chi connectivity index (χ1n) is 7.59. The minimum atomic E-state index is 0.885. The number of rotatable bonds is 6. The molecule has 0 amide bonds. The summed E-state index contributed by atoms with van der Waals surface area (Å²) in [6.07, 6.45) is 3.92. The highest BCUT2D eigenvalue weighted by Gasteiger charge is 2.22. The summed E-state index contributed by atoms with van der Waals surface area (Å²) in [6, 6.07) is 0. The van der Waals surface area contributed by atoms with Gasteiger partial charge in [-0.15, -0.1) is 0 Å². The van der Waals surface area contributed by atoms with Gasteiger partial charge in [0.25, 0.3) is 0 Å². The van der Waals surface area contributed by atoms with Crippen molar-refractivity contribution in [2.75, 3.05) is 33.8 Å². The van der Waals surface area contributed by atoms with Crippen LogP contribution >= 0.6 is 0 Å². The molecule has 0 saturated carbocycles. The highest BCUT2D eigenvalue weighted by Crippen LogP contribution is 2.26. The summed E-state index contributed by atoms with van der Waals surface area (Å²) < 4.78 is 7.32. The third kappa shape index (κ3) is 3.52. The van der Waals surface area contributed by atoms with Crippen molar-refractivity contribution in [3.63, 3.8) is 0 Å². The number of aromatic nitrogens is 2. The second kappa shape index (κ2) is 7.09. The summed E-state index contributed by atoms with van der Waals surface area (Å²) in [5.74, 6) is 1.79. The second-order valence-electron chi connectivity index (χ2n) is 5.81. The molecule has 5 nitrogen and oxygen atoms in total. The highest BCUT2D eigenvalue weighted by atomic mass is 16.5. The van der Waals surface area contributed by atoms with Crippen LogP contribution in [0.4, 0.5) is 0 Å². The summed E-state index contributed by atoms with van der Waals surface area (Å²) in [7, 11) is 5.70. The normalized spacial score (nSPS) is 17.6. The third-order valence-electron chi connectivity index (χ3n) is 4.37. The summed E-state index contributed by atoms with van der Waals surface area (Å²) in [5.41, 5.74) is 2.32. The van der Waals surface area contributed by atoms with Gasteiger partial charge in [-0.1, -0.05) is 0 Å². The lowest BCUT2D eigenvalue weighted by molar-refractivity contribution is 0.170. The minimum Gasteiger partial charge on any atom is -0.481 e. The van der Waals surface area contributed by atoms with E-state index in [-0.39, 0.29) is 0 Å². The van der Waals surface area contributed by atoms with E-state index in [1.807, 2.05) is 18.8 Å². The Morgan fingerprint density at radius 2 is 2.05 bits per heavy atom. The lowest BCUT2D eigenvalue weighted by Gasteiger charge is -2.32. The van der Waals surface area contributed by atoms with Gasteiger partial charge in [0.15, 0.2) is 0 Å². The number of nitrogens with zero attached hydrogens (tertiary/aromatic N) is 3. The molecule has 0 radical (unpaired) electrons. The van der Waals surface area contributed by atoms with Crippen LogP contribution < -0.4 is 10.1 Å². The monoisotopic (exact) mass is 280 g/mol. The van der Waals surface area contributed by atoms with Crippen LogP contribution in [0.2, 0.25) is 0 Å². The molecule has 20 heavy (non-hydrogen) atoms. The standard InChI is InChI=1S/C15H28N4O/c1-12-14(15(20-4)18(3)17-12)11-19-9-6-13(7-10-19)5-8-16-2/h13,16H,5-11H2,1-4H3. The fraction of sp³-hybridized carbons (Fsp3) is 0.800. The van der Waals surface area contributed by atoms with Crippen molar-refractivity contribution < 1.29 is 4.74 Å². The van der Waals surface area contributed by atoms with Gasteiger partial charge in [0, 0.05) is 13.6 Å². The maximum absolute atomic E-state index is 5.48. The number of likely N-dealkylation sites (tertiary alicyclic amines) is 1. The van der Waals surface area contributed by atoms with Gasteiger partial charge in [-0.05, 0) is 58.8 Å². The zero-order valence-corrected chi connectivity index (χ0v) is 13.3. The predicted octanol–water partition coefficient (Wildman–Crippen LogP) is 1.56. The first-order chi connectivity index (χ1) is 9.65. The number of nitrogens with one attached hydrogen (secondary N) is 1. The molecule has 0 atom stereocenters. The van der Waals surface area contributed by atoms with Gasteiger partial charge in [0.2, 0.25) is 5.88 Å². The Kier molecular flexibility index (Phi) is 5.43. The van der Waals surface area contributed by atoms with E-state index in [1.165, 1.54) is 37.9 Å². The molecule has 1 aliphatic heterocycles. The zero-order chi connectivity index (χ0) is 14.5. The largest absolute Gasteiger partial charge is 0.481 e. The van der Waals surface area contributed by atoms with Gasteiger partial charge in [0.05, 0.1) is 18.4 Å². The molecular weight excluding hydrogens is 252 g/mol. The molecule has 1 saturated heterocycles. The Balaban J connectivity index is 1.89. The van der Waals surface area contributed by atoms with Crippen molar-refractivity contribution in [1.29, 1.82) is 0 Å². The van der Waals surface area contributed by atoms with Crippen molar-refractivity contribution in [2.45, 2.75) is 32.7 Å². The average molecular weight is 280 g/mol. The van der Waals surface area contributed by atoms with E-state index in [4.69, 9.17) is 4.74 Å². The van der Waals surface area contributed by atoms with E-state index < -0.39 is 0 Å². The number of ether oxygens (including phenoxy) is 1. The summed E-state index contributed by atoms with van der Waals surface area (Å²) >= 11 is 0. The number of aryl methyl sites for hydroxylation is 2. The van der Waals surface area contributed by atoms with Crippen molar-refractivity contribution in [2.24, 2.45) is 13.0 Å². The second-order valence-corrected chi connectivity index (χ2v) is 5.81. The van der Waals surface area contributed by atoms with Gasteiger partial charge in [-0.3, -0.25) is 4.90 Å². The van der Waals surface area contributed by atoms with Crippen LogP contribution in [-0.2, 0) is 13.6 Å². The number of hydrogen-bond acceptors (Lipinski definition) is 4. The van der Waals surface area contributed by atoms with E-state index in [9.17, 15) is 0 Å². The molecule has 1 aromatic rings. The van der Waals surface area contributed by atoms with Gasteiger partial charge >= 0.3 is 0 Å². The van der Waals surface area contributed by atoms with Crippen LogP contribution in [0, 0.1) is 12.8 Å². The molecule has 0 bridgehead atoms. The van der Waals surface area contributed by atoms with E-state index in [0.717, 1.165) is 30.6 Å². The summed E-state index contributed by atoms with van der Waals surface area (Å²) in [6.45, 7) is 6.54. The fourth-order valence-corrected chi connectivity index (χ4v) is 3.12. The van der Waals surface area contributed by atoms with E-state index in [2.05, 4.69) is 22.2 Å². The molecule has 0 unspecified atom stereocenters. The molecule has 1 fully saturated rings. The molecule has 0 aliphatic carbocycles. The first kappa shape index (κ1) is 15.3. The van der Waals surface area contributed by atoms with Crippen molar-refractivity contribution in [1.82, 2.24) is 20.0 Å². The third-order valence-corrected chi connectivity index (χ3v) is 4.37. The molecule has 2 heterocycles. The number of hydrogen-bond donors (Lipinski definition) is 1. The van der Waals surface area contributed by atoms with Crippen molar-refractivity contribution >= 4 is 0 Å². The zero-order valence-electron chi connectivity index (χ0n) is 13.3. The van der Waals surface area contributed by atoms with Crippen LogP contribution in [-0.4, -0.2) is 48.5 Å². The molecular formula is C15H28N4O. The van der Waals surface area contributed by atoms with Crippen LogP contribution in [0.15, 0.2) is 0 Å². The molecule has 5 heteroatoms. The van der Waals surface area contributed by atoms with Crippen LogP contribution in [0.3, 0.4) is 0 Å². The Bertz CT molecular complexity index is 422. The number of piperidine rings is 1. The van der Waals surface area contributed by atoms with Crippen LogP contribution in [0.5, 0.6) is 5.88 Å². The maximum atomic E-state index is 5.48. The summed E-state index contributed by atoms with van der Waals surface area (Å²) in [4.78, 5) is 2.53. The molecule has 1 N–H and O–H groups in total. The van der Waals surface area contributed by atoms with E-state index >= 15 is 0 Å². The molecule has 114 valence electrons. The quantitative estimate of drug-likeness (QED) is 0.859.